The van der Waals surface area contributed by atoms with E-state index in [2.05, 4.69) is 25.9 Å². The van der Waals surface area contributed by atoms with Crippen LogP contribution in [0.4, 0.5) is 0 Å². The Kier molecular flexibility index (Phi) is 4.05. The lowest BCUT2D eigenvalue weighted by Crippen LogP contribution is -1.99. The Hall–Kier alpha value is -1.31. The van der Waals surface area contributed by atoms with Crippen LogP contribution in [0.5, 0.6) is 0 Å². The zero-order valence-corrected chi connectivity index (χ0v) is 11.8. The number of ether oxygens (including phenoxy) is 1. The van der Waals surface area contributed by atoms with Crippen molar-refractivity contribution in [3.63, 3.8) is 0 Å². The molecule has 0 bridgehead atoms. The van der Waals surface area contributed by atoms with Crippen LogP contribution in [-0.2, 0) is 11.3 Å². The number of pyridine rings is 1. The van der Waals surface area contributed by atoms with Crippen LogP contribution in [0.2, 0.25) is 0 Å². The van der Waals surface area contributed by atoms with E-state index in [1.54, 1.807) is 12.3 Å². The summed E-state index contributed by atoms with van der Waals surface area (Å²) in [4.78, 5) is 19.8. The summed E-state index contributed by atoms with van der Waals surface area (Å²) in [6, 6.07) is 3.62. The molecule has 0 saturated heterocycles. The van der Waals surface area contributed by atoms with E-state index in [0.717, 1.165) is 15.8 Å². The molecule has 0 unspecified atom stereocenters. The van der Waals surface area contributed by atoms with Crippen LogP contribution >= 0.6 is 27.3 Å². The second kappa shape index (κ2) is 5.55. The molecule has 0 radical (unpaired) electrons. The van der Waals surface area contributed by atoms with E-state index in [-0.39, 0.29) is 11.5 Å². The normalized spacial score (nSPS) is 10.6. The number of halogens is 1. The maximum atomic E-state index is 11.1. The number of rotatable bonds is 4. The van der Waals surface area contributed by atoms with Crippen LogP contribution in [0.3, 0.4) is 0 Å². The van der Waals surface area contributed by atoms with Gasteiger partial charge in [0.15, 0.2) is 0 Å². The van der Waals surface area contributed by atoms with Gasteiger partial charge in [0.2, 0.25) is 0 Å². The minimum absolute atomic E-state index is 0.169. The highest BCUT2D eigenvalue weighted by molar-refractivity contribution is 9.10. The third-order valence-corrected chi connectivity index (χ3v) is 3.87. The SMILES string of the molecule is COCc1nc(-c2ncccc2Br)sc1C(=O)O. The average Bonchev–Trinajstić information content (AvgIpc) is 2.74. The van der Waals surface area contributed by atoms with Crippen molar-refractivity contribution in [3.05, 3.63) is 33.4 Å². The maximum absolute atomic E-state index is 11.1. The van der Waals surface area contributed by atoms with Crippen molar-refractivity contribution >= 4 is 33.2 Å². The first-order valence-corrected chi connectivity index (χ1v) is 6.57. The van der Waals surface area contributed by atoms with Gasteiger partial charge < -0.3 is 9.84 Å². The van der Waals surface area contributed by atoms with E-state index >= 15 is 0 Å². The number of methoxy groups -OCH3 is 1. The molecule has 0 atom stereocenters. The molecule has 2 aromatic heterocycles. The first-order valence-electron chi connectivity index (χ1n) is 4.96. The molecule has 7 heteroatoms. The van der Waals surface area contributed by atoms with Gasteiger partial charge in [0.05, 0.1) is 12.3 Å². The number of carbonyl (C=O) groups is 1. The third kappa shape index (κ3) is 2.58. The average molecular weight is 329 g/mol. The zero-order chi connectivity index (χ0) is 13.1. The summed E-state index contributed by atoms with van der Waals surface area (Å²) in [5.41, 5.74) is 1.05. The summed E-state index contributed by atoms with van der Waals surface area (Å²) in [5.74, 6) is -1.00. The Morgan fingerprint density at radius 2 is 2.39 bits per heavy atom. The van der Waals surface area contributed by atoms with Crippen molar-refractivity contribution in [2.45, 2.75) is 6.61 Å². The number of carboxylic acids is 1. The van der Waals surface area contributed by atoms with Gasteiger partial charge in [-0.05, 0) is 28.1 Å². The molecule has 2 aromatic rings. The van der Waals surface area contributed by atoms with Crippen LogP contribution in [0.15, 0.2) is 22.8 Å². The van der Waals surface area contributed by atoms with Crippen molar-refractivity contribution in [1.29, 1.82) is 0 Å². The second-order valence-corrected chi connectivity index (χ2v) is 5.22. The number of thiazole rings is 1. The van der Waals surface area contributed by atoms with Crippen LogP contribution in [0.25, 0.3) is 10.7 Å². The van der Waals surface area contributed by atoms with Gasteiger partial charge >= 0.3 is 5.97 Å². The van der Waals surface area contributed by atoms with Gasteiger partial charge in [-0.25, -0.2) is 9.78 Å². The fourth-order valence-corrected chi connectivity index (χ4v) is 2.89. The Morgan fingerprint density at radius 3 is 3.00 bits per heavy atom. The van der Waals surface area contributed by atoms with E-state index in [0.29, 0.717) is 16.4 Å². The summed E-state index contributed by atoms with van der Waals surface area (Å²) in [7, 11) is 1.50. The van der Waals surface area contributed by atoms with Crippen LogP contribution in [0, 0.1) is 0 Å². The Balaban J connectivity index is 2.50. The molecule has 0 aliphatic rings. The molecule has 94 valence electrons. The molecule has 0 saturated carbocycles. The van der Waals surface area contributed by atoms with Gasteiger partial charge in [-0.15, -0.1) is 11.3 Å². The van der Waals surface area contributed by atoms with E-state index in [4.69, 9.17) is 9.84 Å². The van der Waals surface area contributed by atoms with Gasteiger partial charge in [0.25, 0.3) is 0 Å². The monoisotopic (exact) mass is 328 g/mol. The molecule has 1 N–H and O–H groups in total. The fourth-order valence-electron chi connectivity index (χ4n) is 1.40. The molecule has 0 fully saturated rings. The van der Waals surface area contributed by atoms with Gasteiger partial charge in [-0.2, -0.15) is 0 Å². The van der Waals surface area contributed by atoms with Gasteiger partial charge in [0.1, 0.15) is 15.6 Å². The van der Waals surface area contributed by atoms with Crippen LogP contribution < -0.4 is 0 Å². The van der Waals surface area contributed by atoms with Crippen LogP contribution in [-0.4, -0.2) is 28.2 Å². The smallest absolute Gasteiger partial charge is 0.347 e. The zero-order valence-electron chi connectivity index (χ0n) is 9.38. The van der Waals surface area contributed by atoms with E-state index in [1.165, 1.54) is 7.11 Å². The van der Waals surface area contributed by atoms with Crippen molar-refractivity contribution in [2.24, 2.45) is 0 Å². The number of aromatic carboxylic acids is 1. The van der Waals surface area contributed by atoms with E-state index < -0.39 is 5.97 Å². The predicted octanol–water partition coefficient (Wildman–Crippen LogP) is 2.81. The number of carboxylic acid groups (broad SMARTS) is 1. The van der Waals surface area contributed by atoms with Crippen molar-refractivity contribution < 1.29 is 14.6 Å². The molecule has 0 aliphatic carbocycles. The van der Waals surface area contributed by atoms with Crippen molar-refractivity contribution in [1.82, 2.24) is 9.97 Å². The molecular formula is C11H9BrN2O3S. The summed E-state index contributed by atoms with van der Waals surface area (Å²) >= 11 is 4.46. The van der Waals surface area contributed by atoms with Crippen molar-refractivity contribution in [2.75, 3.05) is 7.11 Å². The largest absolute Gasteiger partial charge is 0.477 e. The summed E-state index contributed by atoms with van der Waals surface area (Å²) in [5, 5.41) is 9.67. The minimum atomic E-state index is -1.00. The highest BCUT2D eigenvalue weighted by atomic mass is 79.9. The summed E-state index contributed by atoms with van der Waals surface area (Å²) in [6.45, 7) is 0.169. The lowest BCUT2D eigenvalue weighted by Gasteiger charge is -1.97. The standard InChI is InChI=1S/C11H9BrN2O3S/c1-17-5-7-9(11(15)16)18-10(14-7)8-6(12)3-2-4-13-8/h2-4H,5H2,1H3,(H,15,16). The Labute approximate surface area is 116 Å². The van der Waals surface area contributed by atoms with Crippen molar-refractivity contribution in [3.8, 4) is 10.7 Å². The number of hydrogen-bond acceptors (Lipinski definition) is 5. The molecule has 18 heavy (non-hydrogen) atoms. The Bertz CT molecular complexity index is 585. The quantitative estimate of drug-likeness (QED) is 0.934. The van der Waals surface area contributed by atoms with E-state index in [1.807, 2.05) is 6.07 Å². The predicted molar refractivity (Wildman–Crippen MR) is 70.7 cm³/mol. The third-order valence-electron chi connectivity index (χ3n) is 2.13. The highest BCUT2D eigenvalue weighted by Gasteiger charge is 2.19. The topological polar surface area (TPSA) is 72.3 Å². The van der Waals surface area contributed by atoms with E-state index in [9.17, 15) is 4.79 Å². The molecule has 0 spiro atoms. The summed E-state index contributed by atoms with van der Waals surface area (Å²) in [6.07, 6.45) is 1.64. The first kappa shape index (κ1) is 13.1. The molecule has 0 aliphatic heterocycles. The van der Waals surface area contributed by atoms with Gasteiger partial charge in [0, 0.05) is 17.8 Å². The molecule has 2 rings (SSSR count). The molecule has 0 amide bonds. The fraction of sp³-hybridized carbons (Fsp3) is 0.182. The highest BCUT2D eigenvalue weighted by Crippen LogP contribution is 2.31. The molecule has 5 nitrogen and oxygen atoms in total. The number of aromatic nitrogens is 2. The first-order chi connectivity index (χ1) is 8.63. The van der Waals surface area contributed by atoms with Gasteiger partial charge in [-0.1, -0.05) is 0 Å². The minimum Gasteiger partial charge on any atom is -0.477 e. The molecular weight excluding hydrogens is 320 g/mol. The number of nitrogens with zero attached hydrogens (tertiary/aromatic N) is 2. The number of hydrogen-bond donors (Lipinski definition) is 1. The van der Waals surface area contributed by atoms with Crippen LogP contribution in [0.1, 0.15) is 15.4 Å². The summed E-state index contributed by atoms with van der Waals surface area (Å²) < 4.78 is 5.72. The molecule has 2 heterocycles. The van der Waals surface area contributed by atoms with Gasteiger partial charge in [-0.3, -0.25) is 4.98 Å². The Morgan fingerprint density at radius 1 is 1.61 bits per heavy atom. The molecule has 0 aromatic carbocycles. The second-order valence-electron chi connectivity index (χ2n) is 3.37. The lowest BCUT2D eigenvalue weighted by molar-refractivity contribution is 0.0697. The lowest BCUT2D eigenvalue weighted by atomic mass is 10.3. The maximum Gasteiger partial charge on any atom is 0.347 e.